The van der Waals surface area contributed by atoms with Gasteiger partial charge in [0.25, 0.3) is 0 Å². The van der Waals surface area contributed by atoms with Gasteiger partial charge in [-0.15, -0.1) is 0 Å². The number of benzene rings is 2. The number of ether oxygens (including phenoxy) is 2. The topological polar surface area (TPSA) is 83.1 Å². The Morgan fingerprint density at radius 2 is 1.73 bits per heavy atom. The normalized spacial score (nSPS) is 10.1. The lowest BCUT2D eigenvalue weighted by Gasteiger charge is -2.14. The Hall–Kier alpha value is -3.31. The molecule has 0 N–H and O–H groups in total. The maximum absolute atomic E-state index is 10.9. The maximum atomic E-state index is 10.9. The summed E-state index contributed by atoms with van der Waals surface area (Å²) in [6.07, 6.45) is 6.80. The first-order valence-corrected chi connectivity index (χ1v) is 10.4. The Labute approximate surface area is 178 Å². The van der Waals surface area contributed by atoms with Gasteiger partial charge < -0.3 is 9.47 Å². The van der Waals surface area contributed by atoms with Gasteiger partial charge in [0.2, 0.25) is 0 Å². The van der Waals surface area contributed by atoms with Gasteiger partial charge in [0.1, 0.15) is 19.0 Å². The highest BCUT2D eigenvalue weighted by Crippen LogP contribution is 2.32. The quantitative estimate of drug-likeness (QED) is 0.362. The van der Waals surface area contributed by atoms with Crippen LogP contribution in [0.5, 0.6) is 5.75 Å². The molecule has 5 nitrogen and oxygen atoms in total. The molecule has 156 valence electrons. The van der Waals surface area contributed by atoms with Crippen LogP contribution >= 0.6 is 0 Å². The molecule has 0 aliphatic rings. The van der Waals surface area contributed by atoms with Crippen molar-refractivity contribution < 1.29 is 14.3 Å². The Morgan fingerprint density at radius 1 is 0.933 bits per heavy atom. The molecular weight excluding hydrogens is 376 g/mol. The number of aryl methyl sites for hydroxylation is 1. The first kappa shape index (κ1) is 23.0. The highest BCUT2D eigenvalue weighted by Gasteiger charge is 2.13. The number of unbranched alkanes of at least 4 members (excludes halogenated alkanes) is 4. The fourth-order valence-electron chi connectivity index (χ4n) is 3.31. The zero-order chi connectivity index (χ0) is 21.8. The molecule has 0 amide bonds. The average molecular weight is 405 g/mol. The minimum absolute atomic E-state index is 0.164. The van der Waals surface area contributed by atoms with Crippen LogP contribution in [0.2, 0.25) is 0 Å². The Bertz CT molecular complexity index is 938. The number of carbonyl (C=O) groups excluding carboxylic acids is 1. The number of hydrogen-bond donors (Lipinski definition) is 0. The summed E-state index contributed by atoms with van der Waals surface area (Å²) in [4.78, 5) is 10.9. The van der Waals surface area contributed by atoms with E-state index in [0.29, 0.717) is 16.9 Å². The predicted molar refractivity (Wildman–Crippen MR) is 116 cm³/mol. The van der Waals surface area contributed by atoms with E-state index in [1.165, 1.54) is 26.2 Å². The van der Waals surface area contributed by atoms with Gasteiger partial charge in [-0.1, -0.05) is 38.7 Å². The number of esters is 1. The Balaban J connectivity index is 2.28. The number of nitriles is 2. The van der Waals surface area contributed by atoms with Crippen molar-refractivity contribution in [3.63, 3.8) is 0 Å². The van der Waals surface area contributed by atoms with Gasteiger partial charge in [-0.2, -0.15) is 10.5 Å². The molecule has 30 heavy (non-hydrogen) atoms. The Morgan fingerprint density at radius 3 is 2.43 bits per heavy atom. The van der Waals surface area contributed by atoms with Crippen molar-refractivity contribution in [3.05, 3.63) is 53.1 Å². The summed E-state index contributed by atoms with van der Waals surface area (Å²) in [5, 5.41) is 19.0. The third kappa shape index (κ3) is 6.94. The molecule has 0 aromatic heterocycles. The van der Waals surface area contributed by atoms with Crippen molar-refractivity contribution in [1.82, 2.24) is 0 Å². The summed E-state index contributed by atoms with van der Waals surface area (Å²) in [5.74, 6) is 0.239. The number of carbonyl (C=O) groups is 1. The van der Waals surface area contributed by atoms with Crippen molar-refractivity contribution in [3.8, 4) is 29.0 Å². The van der Waals surface area contributed by atoms with Crippen molar-refractivity contribution in [2.24, 2.45) is 0 Å². The molecule has 0 atom stereocenters. The summed E-state index contributed by atoms with van der Waals surface area (Å²) in [7, 11) is 0. The van der Waals surface area contributed by atoms with E-state index in [1.54, 1.807) is 12.1 Å². The third-order valence-electron chi connectivity index (χ3n) is 4.85. The highest BCUT2D eigenvalue weighted by molar-refractivity contribution is 5.76. The molecule has 0 fully saturated rings. The third-order valence-corrected chi connectivity index (χ3v) is 4.85. The van der Waals surface area contributed by atoms with E-state index >= 15 is 0 Å². The van der Waals surface area contributed by atoms with Gasteiger partial charge in [0.05, 0.1) is 23.3 Å². The second-order valence-corrected chi connectivity index (χ2v) is 7.16. The molecule has 2 aromatic rings. The summed E-state index contributed by atoms with van der Waals surface area (Å²) in [5.41, 5.74) is 3.86. The fraction of sp³-hybridized carbons (Fsp3) is 0.400. The van der Waals surface area contributed by atoms with Gasteiger partial charge in [-0.25, -0.2) is 0 Å². The number of hydrogen-bond acceptors (Lipinski definition) is 5. The maximum Gasteiger partial charge on any atom is 0.302 e. The molecule has 0 heterocycles. The monoisotopic (exact) mass is 404 g/mol. The molecule has 0 spiro atoms. The van der Waals surface area contributed by atoms with E-state index in [0.717, 1.165) is 36.0 Å². The van der Waals surface area contributed by atoms with Gasteiger partial charge >= 0.3 is 5.97 Å². The zero-order valence-electron chi connectivity index (χ0n) is 17.7. The molecule has 0 aliphatic heterocycles. The first-order valence-electron chi connectivity index (χ1n) is 10.4. The lowest BCUT2D eigenvalue weighted by atomic mass is 9.91. The van der Waals surface area contributed by atoms with Crippen LogP contribution in [0.25, 0.3) is 11.1 Å². The molecule has 0 aliphatic carbocycles. The van der Waals surface area contributed by atoms with E-state index in [9.17, 15) is 15.3 Å². The van der Waals surface area contributed by atoms with Crippen LogP contribution < -0.4 is 4.74 Å². The molecule has 0 bridgehead atoms. The van der Waals surface area contributed by atoms with Crippen LogP contribution in [-0.4, -0.2) is 19.2 Å². The van der Waals surface area contributed by atoms with E-state index in [1.807, 2.05) is 24.3 Å². The molecule has 2 aromatic carbocycles. The predicted octanol–water partition coefficient (Wildman–Crippen LogP) is 5.55. The standard InChI is InChI=1S/C25H28N2O3/c1-3-4-5-6-7-8-21-10-9-20(17-26)15-24(21)25-16-23(12-11-22(25)18-27)30-14-13-29-19(2)28/h9-12,15-16H,3-8,13-14H2,1-2H3. The van der Waals surface area contributed by atoms with E-state index < -0.39 is 0 Å². The second kappa shape index (κ2) is 12.3. The van der Waals surface area contributed by atoms with Crippen LogP contribution in [0.3, 0.4) is 0 Å². The minimum atomic E-state index is -0.351. The van der Waals surface area contributed by atoms with Gasteiger partial charge in [-0.3, -0.25) is 4.79 Å². The van der Waals surface area contributed by atoms with Gasteiger partial charge in [0.15, 0.2) is 0 Å². The summed E-state index contributed by atoms with van der Waals surface area (Å²) in [6, 6.07) is 15.4. The van der Waals surface area contributed by atoms with Crippen LogP contribution in [0, 0.1) is 22.7 Å². The average Bonchev–Trinajstić information content (AvgIpc) is 2.76. The molecule has 2 rings (SSSR count). The second-order valence-electron chi connectivity index (χ2n) is 7.16. The molecule has 0 saturated carbocycles. The summed E-state index contributed by atoms with van der Waals surface area (Å²) in [6.45, 7) is 3.94. The van der Waals surface area contributed by atoms with Gasteiger partial charge in [0, 0.05) is 12.5 Å². The van der Waals surface area contributed by atoms with Crippen molar-refractivity contribution in [2.75, 3.05) is 13.2 Å². The SMILES string of the molecule is CCCCCCCc1ccc(C#N)cc1-c1cc(OCCOC(C)=O)ccc1C#N. The Kier molecular flexibility index (Phi) is 9.42. The first-order chi connectivity index (χ1) is 14.6. The minimum Gasteiger partial charge on any atom is -0.490 e. The summed E-state index contributed by atoms with van der Waals surface area (Å²) >= 11 is 0. The molecule has 5 heteroatoms. The smallest absolute Gasteiger partial charge is 0.302 e. The number of nitrogens with zero attached hydrogens (tertiary/aromatic N) is 2. The zero-order valence-corrected chi connectivity index (χ0v) is 17.7. The number of rotatable bonds is 11. The largest absolute Gasteiger partial charge is 0.490 e. The van der Waals surface area contributed by atoms with E-state index in [4.69, 9.17) is 9.47 Å². The van der Waals surface area contributed by atoms with Crippen LogP contribution in [0.4, 0.5) is 0 Å². The van der Waals surface area contributed by atoms with Crippen molar-refractivity contribution >= 4 is 5.97 Å². The van der Waals surface area contributed by atoms with Crippen LogP contribution in [0.15, 0.2) is 36.4 Å². The molecular formula is C25H28N2O3. The van der Waals surface area contributed by atoms with Crippen molar-refractivity contribution in [1.29, 1.82) is 10.5 Å². The molecule has 0 radical (unpaired) electrons. The molecule has 0 unspecified atom stereocenters. The van der Waals surface area contributed by atoms with E-state index in [-0.39, 0.29) is 19.2 Å². The fourth-order valence-corrected chi connectivity index (χ4v) is 3.31. The van der Waals surface area contributed by atoms with Crippen molar-refractivity contribution in [2.45, 2.75) is 52.4 Å². The molecule has 0 saturated heterocycles. The summed E-state index contributed by atoms with van der Waals surface area (Å²) < 4.78 is 10.6. The highest BCUT2D eigenvalue weighted by atomic mass is 16.6. The van der Waals surface area contributed by atoms with Crippen LogP contribution in [-0.2, 0) is 16.0 Å². The van der Waals surface area contributed by atoms with E-state index in [2.05, 4.69) is 19.1 Å². The lowest BCUT2D eigenvalue weighted by Crippen LogP contribution is -2.09. The van der Waals surface area contributed by atoms with Gasteiger partial charge in [-0.05, 0) is 54.3 Å². The lowest BCUT2D eigenvalue weighted by molar-refractivity contribution is -0.141. The van der Waals surface area contributed by atoms with Crippen LogP contribution in [0.1, 0.15) is 62.6 Å².